The summed E-state index contributed by atoms with van der Waals surface area (Å²) >= 11 is 17.7. The number of ether oxygens (including phenoxy) is 1. The lowest BCUT2D eigenvalue weighted by Crippen LogP contribution is -2.21. The van der Waals surface area contributed by atoms with E-state index in [0.29, 0.717) is 10.8 Å². The Morgan fingerprint density at radius 1 is 1.28 bits per heavy atom. The second-order valence-corrected chi connectivity index (χ2v) is 5.80. The predicted octanol–water partition coefficient (Wildman–Crippen LogP) is 4.33. The number of nitriles is 1. The number of furan rings is 1. The van der Waals surface area contributed by atoms with Gasteiger partial charge in [-0.3, -0.25) is 4.79 Å². The summed E-state index contributed by atoms with van der Waals surface area (Å²) in [5, 5.41) is 12.0. The van der Waals surface area contributed by atoms with Crippen LogP contribution in [0, 0.1) is 11.3 Å². The van der Waals surface area contributed by atoms with Crippen molar-refractivity contribution in [2.24, 2.45) is 0 Å². The van der Waals surface area contributed by atoms with Gasteiger partial charge in [-0.1, -0.05) is 34.8 Å². The number of halogens is 3. The van der Waals surface area contributed by atoms with Crippen molar-refractivity contribution in [2.45, 2.75) is 0 Å². The van der Waals surface area contributed by atoms with Gasteiger partial charge in [-0.15, -0.1) is 0 Å². The van der Waals surface area contributed by atoms with Gasteiger partial charge < -0.3 is 14.5 Å². The number of esters is 1. The molecule has 0 bridgehead atoms. The zero-order valence-corrected chi connectivity index (χ0v) is 14.7. The average molecular weight is 400 g/mol. The van der Waals surface area contributed by atoms with Crippen molar-refractivity contribution in [1.82, 2.24) is 0 Å². The molecule has 1 N–H and O–H groups in total. The first kappa shape index (κ1) is 18.9. The van der Waals surface area contributed by atoms with Crippen molar-refractivity contribution in [3.05, 3.63) is 56.9 Å². The lowest BCUT2D eigenvalue weighted by Gasteiger charge is -2.10. The highest BCUT2D eigenvalue weighted by Gasteiger charge is 2.16. The Hall–Kier alpha value is -2.46. The number of amides is 1. The molecule has 9 heteroatoms. The third-order valence-electron chi connectivity index (χ3n) is 2.78. The van der Waals surface area contributed by atoms with Crippen molar-refractivity contribution in [3.63, 3.8) is 0 Å². The average Bonchev–Trinajstić information content (AvgIpc) is 3.06. The number of nitrogens with zero attached hydrogens (tertiary/aromatic N) is 1. The molecule has 0 saturated carbocycles. The highest BCUT2D eigenvalue weighted by atomic mass is 35.5. The second-order valence-electron chi connectivity index (χ2n) is 4.55. The summed E-state index contributed by atoms with van der Waals surface area (Å²) in [6.07, 6.45) is 2.59. The molecule has 0 saturated heterocycles. The van der Waals surface area contributed by atoms with Crippen LogP contribution < -0.4 is 5.32 Å². The van der Waals surface area contributed by atoms with Gasteiger partial charge in [0.2, 0.25) is 0 Å². The van der Waals surface area contributed by atoms with E-state index in [1.807, 2.05) is 0 Å². The van der Waals surface area contributed by atoms with Crippen molar-refractivity contribution in [1.29, 1.82) is 5.26 Å². The minimum Gasteiger partial charge on any atom is -0.465 e. The van der Waals surface area contributed by atoms with Crippen LogP contribution >= 0.6 is 34.8 Å². The highest BCUT2D eigenvalue weighted by molar-refractivity contribution is 6.42. The Bertz CT molecular complexity index is 847. The maximum Gasteiger partial charge on any atom is 0.349 e. The first-order valence-electron chi connectivity index (χ1n) is 6.67. The molecular weight excluding hydrogens is 391 g/mol. The Morgan fingerprint density at radius 3 is 2.52 bits per heavy atom. The summed E-state index contributed by atoms with van der Waals surface area (Å²) < 4.78 is 9.79. The van der Waals surface area contributed by atoms with Crippen molar-refractivity contribution >= 4 is 58.4 Å². The molecule has 128 valence electrons. The Balaban J connectivity index is 1.98. The van der Waals surface area contributed by atoms with Gasteiger partial charge in [0, 0.05) is 11.1 Å². The smallest absolute Gasteiger partial charge is 0.349 e. The molecule has 1 heterocycles. The third-order valence-corrected chi connectivity index (χ3v) is 3.59. The molecule has 2 rings (SSSR count). The molecule has 0 unspecified atom stereocenters. The quantitative estimate of drug-likeness (QED) is 0.459. The normalized spacial score (nSPS) is 10.9. The zero-order valence-electron chi connectivity index (χ0n) is 12.4. The van der Waals surface area contributed by atoms with Gasteiger partial charge in [0.15, 0.2) is 6.61 Å². The number of anilines is 1. The van der Waals surface area contributed by atoms with Crippen molar-refractivity contribution < 1.29 is 18.7 Å². The molecule has 0 aliphatic heterocycles. The Kier molecular flexibility index (Phi) is 6.48. The first-order chi connectivity index (χ1) is 11.9. The summed E-state index contributed by atoms with van der Waals surface area (Å²) in [6.45, 7) is -0.634. The second kappa shape index (κ2) is 8.58. The number of benzene rings is 1. The largest absolute Gasteiger partial charge is 0.465 e. The summed E-state index contributed by atoms with van der Waals surface area (Å²) in [6, 6.07) is 7.63. The van der Waals surface area contributed by atoms with E-state index in [1.54, 1.807) is 18.2 Å². The monoisotopic (exact) mass is 398 g/mol. The van der Waals surface area contributed by atoms with Gasteiger partial charge in [0.25, 0.3) is 5.91 Å². The number of hydrogen-bond donors (Lipinski definition) is 1. The molecule has 2 aromatic rings. The molecule has 0 radical (unpaired) electrons. The Morgan fingerprint density at radius 2 is 1.96 bits per heavy atom. The van der Waals surface area contributed by atoms with Gasteiger partial charge in [-0.05, 0) is 24.3 Å². The molecule has 0 aliphatic rings. The van der Waals surface area contributed by atoms with E-state index in [0.717, 1.165) is 0 Å². The fraction of sp³-hybridized carbons (Fsp3) is 0.0625. The number of carbonyl (C=O) groups is 2. The number of nitrogens with one attached hydrogen (secondary N) is 1. The number of rotatable bonds is 5. The Labute approximate surface area is 157 Å². The van der Waals surface area contributed by atoms with Crippen molar-refractivity contribution in [3.8, 4) is 6.07 Å². The molecule has 0 spiro atoms. The maximum atomic E-state index is 11.9. The van der Waals surface area contributed by atoms with Crippen LogP contribution in [0.1, 0.15) is 5.76 Å². The van der Waals surface area contributed by atoms with Crippen molar-refractivity contribution in [2.75, 3.05) is 11.9 Å². The molecule has 6 nitrogen and oxygen atoms in total. The van der Waals surface area contributed by atoms with Gasteiger partial charge in [0.1, 0.15) is 17.4 Å². The molecule has 1 amide bonds. The highest BCUT2D eigenvalue weighted by Crippen LogP contribution is 2.33. The standard InChI is InChI=1S/C16H9Cl3N2O4/c17-10-5-12(18)15(13(19)6-10)21-14(22)8-25-16(23)9(7-20)4-11-2-1-3-24-11/h1-6H,8H2,(H,21,22)/b9-4+. The van der Waals surface area contributed by atoms with E-state index in [-0.39, 0.29) is 21.3 Å². The minimum absolute atomic E-state index is 0.132. The molecule has 0 atom stereocenters. The lowest BCUT2D eigenvalue weighted by molar-refractivity contribution is -0.142. The van der Waals surface area contributed by atoms with Crippen LogP contribution in [0.5, 0.6) is 0 Å². The number of carbonyl (C=O) groups excluding carboxylic acids is 2. The van der Waals surface area contributed by atoms with E-state index in [2.05, 4.69) is 5.32 Å². The molecular formula is C16H9Cl3N2O4. The van der Waals surface area contributed by atoms with Crippen LogP contribution in [0.3, 0.4) is 0 Å². The van der Waals surface area contributed by atoms with E-state index in [4.69, 9.17) is 49.2 Å². The van der Waals surface area contributed by atoms with Crippen LogP contribution in [0.2, 0.25) is 15.1 Å². The molecule has 1 aromatic heterocycles. The fourth-order valence-electron chi connectivity index (χ4n) is 1.70. The summed E-state index contributed by atoms with van der Waals surface area (Å²) in [7, 11) is 0. The predicted molar refractivity (Wildman–Crippen MR) is 93.4 cm³/mol. The zero-order chi connectivity index (χ0) is 18.4. The first-order valence-corrected chi connectivity index (χ1v) is 7.81. The van der Waals surface area contributed by atoms with Gasteiger partial charge in [-0.2, -0.15) is 5.26 Å². The van der Waals surface area contributed by atoms with Gasteiger partial charge in [0.05, 0.1) is 22.0 Å². The molecule has 1 aromatic carbocycles. The molecule has 0 fully saturated rings. The van der Waals surface area contributed by atoms with E-state index in [1.165, 1.54) is 24.5 Å². The van der Waals surface area contributed by atoms with E-state index < -0.39 is 18.5 Å². The van der Waals surface area contributed by atoms with Gasteiger partial charge >= 0.3 is 5.97 Å². The summed E-state index contributed by atoms with van der Waals surface area (Å²) in [4.78, 5) is 23.7. The molecule has 0 aliphatic carbocycles. The molecule has 25 heavy (non-hydrogen) atoms. The number of hydrogen-bond acceptors (Lipinski definition) is 5. The van der Waals surface area contributed by atoms with Crippen LogP contribution in [-0.4, -0.2) is 18.5 Å². The topological polar surface area (TPSA) is 92.3 Å². The van der Waals surface area contributed by atoms with Crippen LogP contribution in [-0.2, 0) is 14.3 Å². The summed E-state index contributed by atoms with van der Waals surface area (Å²) in [5.74, 6) is -1.35. The van der Waals surface area contributed by atoms with Gasteiger partial charge in [-0.25, -0.2) is 4.79 Å². The summed E-state index contributed by atoms with van der Waals surface area (Å²) in [5.41, 5.74) is -0.175. The fourth-order valence-corrected chi connectivity index (χ4v) is 2.61. The SMILES string of the molecule is N#C/C(=C\c1ccco1)C(=O)OCC(=O)Nc1c(Cl)cc(Cl)cc1Cl. The third kappa shape index (κ3) is 5.26. The van der Waals surface area contributed by atoms with E-state index in [9.17, 15) is 9.59 Å². The minimum atomic E-state index is -0.970. The van der Waals surface area contributed by atoms with Crippen LogP contribution in [0.4, 0.5) is 5.69 Å². The maximum absolute atomic E-state index is 11.9. The van der Waals surface area contributed by atoms with Crippen LogP contribution in [0.15, 0.2) is 40.5 Å². The lowest BCUT2D eigenvalue weighted by atomic mass is 10.2. The van der Waals surface area contributed by atoms with Crippen LogP contribution in [0.25, 0.3) is 6.08 Å². The van der Waals surface area contributed by atoms with E-state index >= 15 is 0 Å².